The summed E-state index contributed by atoms with van der Waals surface area (Å²) in [6, 6.07) is 7.48. The highest BCUT2D eigenvalue weighted by molar-refractivity contribution is 6.06. The van der Waals surface area contributed by atoms with Gasteiger partial charge in [-0.1, -0.05) is 6.07 Å². The summed E-state index contributed by atoms with van der Waals surface area (Å²) in [6.07, 6.45) is 4.42. The number of aliphatic hydroxyl groups is 1. The van der Waals surface area contributed by atoms with Gasteiger partial charge in [0.05, 0.1) is 5.60 Å². The van der Waals surface area contributed by atoms with Gasteiger partial charge in [0.15, 0.2) is 0 Å². The van der Waals surface area contributed by atoms with E-state index in [9.17, 15) is 9.90 Å². The summed E-state index contributed by atoms with van der Waals surface area (Å²) >= 11 is 0. The number of carbonyl (C=O) groups is 1. The molecule has 0 unspecified atom stereocenters. The predicted octanol–water partition coefficient (Wildman–Crippen LogP) is 1.81. The van der Waals surface area contributed by atoms with E-state index in [0.717, 1.165) is 30.2 Å². The van der Waals surface area contributed by atoms with E-state index in [4.69, 9.17) is 0 Å². The summed E-state index contributed by atoms with van der Waals surface area (Å²) in [5, 5.41) is 13.7. The van der Waals surface area contributed by atoms with E-state index < -0.39 is 5.60 Å². The van der Waals surface area contributed by atoms with Crippen molar-refractivity contribution in [2.24, 2.45) is 0 Å². The lowest BCUT2D eigenvalue weighted by atomic mass is 9.80. The number of aromatic amines is 1. The fraction of sp³-hybridized carbons (Fsp3) is 0.357. The smallest absolute Gasteiger partial charge is 0.252 e. The first kappa shape index (κ1) is 11.3. The van der Waals surface area contributed by atoms with Gasteiger partial charge in [-0.15, -0.1) is 0 Å². The Labute approximate surface area is 105 Å². The molecule has 0 saturated heterocycles. The van der Waals surface area contributed by atoms with Crippen molar-refractivity contribution >= 4 is 16.8 Å². The Morgan fingerprint density at radius 1 is 1.39 bits per heavy atom. The quantitative estimate of drug-likeness (QED) is 0.771. The van der Waals surface area contributed by atoms with Crippen LogP contribution in [0.2, 0.25) is 0 Å². The maximum atomic E-state index is 12.1. The molecule has 0 radical (unpaired) electrons. The molecular weight excluding hydrogens is 228 g/mol. The van der Waals surface area contributed by atoms with E-state index in [1.807, 2.05) is 24.4 Å². The summed E-state index contributed by atoms with van der Waals surface area (Å²) in [6.45, 7) is 0.340. The zero-order valence-electron chi connectivity index (χ0n) is 10.1. The second kappa shape index (κ2) is 4.14. The molecule has 0 spiro atoms. The number of hydrogen-bond acceptors (Lipinski definition) is 2. The van der Waals surface area contributed by atoms with Gasteiger partial charge in [0.1, 0.15) is 0 Å². The Hall–Kier alpha value is -1.81. The molecule has 0 aliphatic heterocycles. The van der Waals surface area contributed by atoms with Crippen LogP contribution in [0, 0.1) is 0 Å². The number of aromatic nitrogens is 1. The monoisotopic (exact) mass is 244 g/mol. The van der Waals surface area contributed by atoms with Crippen molar-refractivity contribution in [1.82, 2.24) is 10.3 Å². The van der Waals surface area contributed by atoms with Crippen molar-refractivity contribution in [2.75, 3.05) is 6.54 Å². The van der Waals surface area contributed by atoms with Gasteiger partial charge in [-0.05, 0) is 37.5 Å². The van der Waals surface area contributed by atoms with Gasteiger partial charge in [-0.2, -0.15) is 0 Å². The number of nitrogens with one attached hydrogen (secondary N) is 2. The molecule has 3 N–H and O–H groups in total. The molecule has 1 fully saturated rings. The van der Waals surface area contributed by atoms with Crippen LogP contribution >= 0.6 is 0 Å². The summed E-state index contributed by atoms with van der Waals surface area (Å²) in [5.74, 6) is -0.125. The fourth-order valence-electron chi connectivity index (χ4n) is 2.39. The molecule has 1 heterocycles. The third kappa shape index (κ3) is 1.88. The van der Waals surface area contributed by atoms with Crippen LogP contribution in [0.3, 0.4) is 0 Å². The van der Waals surface area contributed by atoms with E-state index in [-0.39, 0.29) is 5.91 Å². The van der Waals surface area contributed by atoms with Crippen LogP contribution < -0.4 is 5.32 Å². The molecular formula is C14H16N2O2. The topological polar surface area (TPSA) is 65.1 Å². The van der Waals surface area contributed by atoms with Crippen molar-refractivity contribution in [2.45, 2.75) is 24.9 Å². The lowest BCUT2D eigenvalue weighted by Gasteiger charge is -2.36. The van der Waals surface area contributed by atoms with Crippen LogP contribution in [0.25, 0.3) is 10.9 Å². The molecule has 1 aliphatic rings. The van der Waals surface area contributed by atoms with Crippen molar-refractivity contribution in [3.8, 4) is 0 Å². The molecule has 1 aromatic heterocycles. The zero-order valence-corrected chi connectivity index (χ0v) is 10.1. The van der Waals surface area contributed by atoms with E-state index in [1.165, 1.54) is 0 Å². The second-order valence-electron chi connectivity index (χ2n) is 5.01. The lowest BCUT2D eigenvalue weighted by Crippen LogP contribution is -2.47. The highest BCUT2D eigenvalue weighted by Crippen LogP contribution is 2.30. The van der Waals surface area contributed by atoms with Crippen molar-refractivity contribution in [1.29, 1.82) is 0 Å². The maximum Gasteiger partial charge on any atom is 0.252 e. The van der Waals surface area contributed by atoms with Gasteiger partial charge in [0.25, 0.3) is 5.91 Å². The van der Waals surface area contributed by atoms with Gasteiger partial charge in [-0.25, -0.2) is 0 Å². The van der Waals surface area contributed by atoms with Gasteiger partial charge in [-0.3, -0.25) is 4.79 Å². The van der Waals surface area contributed by atoms with E-state index in [2.05, 4.69) is 10.3 Å². The Balaban J connectivity index is 1.77. The van der Waals surface area contributed by atoms with Gasteiger partial charge in [0.2, 0.25) is 0 Å². The van der Waals surface area contributed by atoms with Crippen LogP contribution in [0.4, 0.5) is 0 Å². The molecule has 1 saturated carbocycles. The first-order chi connectivity index (χ1) is 8.68. The van der Waals surface area contributed by atoms with Crippen LogP contribution in [0.1, 0.15) is 29.6 Å². The first-order valence-corrected chi connectivity index (χ1v) is 6.25. The van der Waals surface area contributed by atoms with E-state index >= 15 is 0 Å². The molecule has 18 heavy (non-hydrogen) atoms. The van der Waals surface area contributed by atoms with Crippen LogP contribution in [0.5, 0.6) is 0 Å². The molecule has 4 heteroatoms. The minimum Gasteiger partial charge on any atom is -0.388 e. The number of carbonyl (C=O) groups excluding carboxylic acids is 1. The molecule has 1 amide bonds. The van der Waals surface area contributed by atoms with Crippen molar-refractivity contribution in [3.63, 3.8) is 0 Å². The molecule has 1 aliphatic carbocycles. The minimum absolute atomic E-state index is 0.125. The number of amides is 1. The predicted molar refractivity (Wildman–Crippen MR) is 69.4 cm³/mol. The average Bonchev–Trinajstić information content (AvgIpc) is 2.81. The summed E-state index contributed by atoms with van der Waals surface area (Å²) in [5.41, 5.74) is 0.920. The molecule has 0 bridgehead atoms. The maximum absolute atomic E-state index is 12.1. The minimum atomic E-state index is -0.679. The number of hydrogen-bond donors (Lipinski definition) is 3. The number of fused-ring (bicyclic) bond motifs is 1. The molecule has 1 aromatic carbocycles. The lowest BCUT2D eigenvalue weighted by molar-refractivity contribution is -0.0300. The third-order valence-electron chi connectivity index (χ3n) is 3.70. The number of rotatable bonds is 3. The Kier molecular flexibility index (Phi) is 2.59. The molecule has 3 rings (SSSR count). The number of H-pyrrole nitrogens is 1. The zero-order chi connectivity index (χ0) is 12.6. The second-order valence-corrected chi connectivity index (χ2v) is 5.01. The Bertz CT molecular complexity index is 584. The highest BCUT2D eigenvalue weighted by Gasteiger charge is 2.34. The molecule has 0 atom stereocenters. The largest absolute Gasteiger partial charge is 0.388 e. The van der Waals surface area contributed by atoms with Crippen LogP contribution in [-0.2, 0) is 0 Å². The van der Waals surface area contributed by atoms with Gasteiger partial charge in [0, 0.05) is 29.2 Å². The number of benzene rings is 1. The molecule has 94 valence electrons. The molecule has 4 nitrogen and oxygen atoms in total. The fourth-order valence-corrected chi connectivity index (χ4v) is 2.39. The SMILES string of the molecule is O=C(NCC1(O)CCC1)c1cccc2[nH]ccc12. The van der Waals surface area contributed by atoms with E-state index in [0.29, 0.717) is 12.1 Å². The van der Waals surface area contributed by atoms with Crippen LogP contribution in [-0.4, -0.2) is 28.1 Å². The van der Waals surface area contributed by atoms with E-state index in [1.54, 1.807) is 6.07 Å². The normalized spacial score (nSPS) is 17.4. The Morgan fingerprint density at radius 2 is 2.22 bits per heavy atom. The average molecular weight is 244 g/mol. The third-order valence-corrected chi connectivity index (χ3v) is 3.70. The standard InChI is InChI=1S/C14H16N2O2/c17-13(16-9-14(18)6-2-7-14)11-3-1-4-12-10(11)5-8-15-12/h1,3-5,8,15,18H,2,6-7,9H2,(H,16,17). The Morgan fingerprint density at radius 3 is 2.94 bits per heavy atom. The van der Waals surface area contributed by atoms with Crippen LogP contribution in [0.15, 0.2) is 30.5 Å². The summed E-state index contributed by atoms with van der Waals surface area (Å²) < 4.78 is 0. The van der Waals surface area contributed by atoms with Gasteiger partial charge >= 0.3 is 0 Å². The highest BCUT2D eigenvalue weighted by atomic mass is 16.3. The summed E-state index contributed by atoms with van der Waals surface area (Å²) in [4.78, 5) is 15.2. The summed E-state index contributed by atoms with van der Waals surface area (Å²) in [7, 11) is 0. The van der Waals surface area contributed by atoms with Crippen molar-refractivity contribution < 1.29 is 9.90 Å². The first-order valence-electron chi connectivity index (χ1n) is 6.25. The van der Waals surface area contributed by atoms with Gasteiger partial charge < -0.3 is 15.4 Å². The molecule has 2 aromatic rings. The van der Waals surface area contributed by atoms with Crippen molar-refractivity contribution in [3.05, 3.63) is 36.0 Å².